The minimum atomic E-state index is -1.40. The molecule has 1 aromatic carbocycles. The van der Waals surface area contributed by atoms with E-state index in [1.54, 1.807) is 20.8 Å². The van der Waals surface area contributed by atoms with E-state index in [1.165, 1.54) is 5.56 Å². The third-order valence-electron chi connectivity index (χ3n) is 5.09. The van der Waals surface area contributed by atoms with Crippen molar-refractivity contribution in [3.63, 3.8) is 0 Å². The van der Waals surface area contributed by atoms with Gasteiger partial charge in [-0.3, -0.25) is 19.7 Å². The van der Waals surface area contributed by atoms with Crippen LogP contribution in [-0.2, 0) is 20.8 Å². The largest absolute Gasteiger partial charge is 0.354 e. The molecule has 0 aromatic heterocycles. The van der Waals surface area contributed by atoms with Crippen molar-refractivity contribution in [2.75, 3.05) is 13.1 Å². The number of ketones is 2. The molecule has 1 saturated heterocycles. The van der Waals surface area contributed by atoms with Crippen molar-refractivity contribution in [3.8, 4) is 0 Å². The van der Waals surface area contributed by atoms with Crippen molar-refractivity contribution < 1.29 is 14.4 Å². The maximum atomic E-state index is 12.9. The lowest BCUT2D eigenvalue weighted by molar-refractivity contribution is -0.150. The van der Waals surface area contributed by atoms with Gasteiger partial charge >= 0.3 is 0 Å². The smallest absolute Gasteiger partial charge is 0.248 e. The fourth-order valence-electron chi connectivity index (χ4n) is 3.38. The molecule has 0 radical (unpaired) electrons. The molecule has 1 unspecified atom stereocenters. The van der Waals surface area contributed by atoms with E-state index < -0.39 is 22.5 Å². The van der Waals surface area contributed by atoms with E-state index in [-0.39, 0.29) is 5.91 Å². The van der Waals surface area contributed by atoms with E-state index >= 15 is 0 Å². The third kappa shape index (κ3) is 5.48. The molecule has 1 heterocycles. The zero-order valence-electron chi connectivity index (χ0n) is 16.8. The lowest BCUT2D eigenvalue weighted by atomic mass is 9.76. The molecule has 148 valence electrons. The van der Waals surface area contributed by atoms with E-state index in [9.17, 15) is 14.4 Å². The van der Waals surface area contributed by atoms with Crippen LogP contribution in [0.4, 0.5) is 0 Å². The van der Waals surface area contributed by atoms with Gasteiger partial charge in [0.25, 0.3) is 0 Å². The summed E-state index contributed by atoms with van der Waals surface area (Å²) in [5.74, 6) is -1.45. The Morgan fingerprint density at radius 1 is 1.07 bits per heavy atom. The molecular weight excluding hydrogens is 340 g/mol. The molecule has 2 rings (SSSR count). The monoisotopic (exact) mass is 372 g/mol. The summed E-state index contributed by atoms with van der Waals surface area (Å²) in [6, 6.07) is 10.2. The summed E-state index contributed by atoms with van der Waals surface area (Å²) in [6.07, 6.45) is 4.80. The standard InChI is InChI=1S/C22H32N2O3/c1-21(2,3)18(25)19(26)22(14-8-10-16-24-22)20(27)23-15-9-7-13-17-11-5-4-6-12-17/h4-6,11-12,24H,7-10,13-16H2,1-3H3,(H,23,27). The lowest BCUT2D eigenvalue weighted by Gasteiger charge is -2.36. The first-order valence-electron chi connectivity index (χ1n) is 9.94. The molecule has 0 bridgehead atoms. The summed E-state index contributed by atoms with van der Waals surface area (Å²) in [6.45, 7) is 6.22. The predicted octanol–water partition coefficient (Wildman–Crippen LogP) is 2.82. The number of hydrogen-bond acceptors (Lipinski definition) is 4. The normalized spacial score (nSPS) is 20.1. The van der Waals surface area contributed by atoms with Crippen LogP contribution >= 0.6 is 0 Å². The van der Waals surface area contributed by atoms with Gasteiger partial charge in [-0.25, -0.2) is 0 Å². The van der Waals surface area contributed by atoms with Crippen LogP contribution in [0.3, 0.4) is 0 Å². The Hall–Kier alpha value is -2.01. The average molecular weight is 373 g/mol. The first-order valence-corrected chi connectivity index (χ1v) is 9.94. The van der Waals surface area contributed by atoms with Gasteiger partial charge in [0.1, 0.15) is 0 Å². The highest BCUT2D eigenvalue weighted by atomic mass is 16.2. The van der Waals surface area contributed by atoms with Crippen LogP contribution in [0.1, 0.15) is 58.4 Å². The molecule has 27 heavy (non-hydrogen) atoms. The number of nitrogens with one attached hydrogen (secondary N) is 2. The quantitative estimate of drug-likeness (QED) is 0.418. The van der Waals surface area contributed by atoms with Crippen molar-refractivity contribution in [2.45, 2.75) is 64.8 Å². The Balaban J connectivity index is 1.92. The Kier molecular flexibility index (Phi) is 7.31. The van der Waals surface area contributed by atoms with E-state index in [2.05, 4.69) is 22.8 Å². The van der Waals surface area contributed by atoms with Gasteiger partial charge in [0.05, 0.1) is 0 Å². The number of unbranched alkanes of at least 4 members (excludes halogenated alkanes) is 1. The fourth-order valence-corrected chi connectivity index (χ4v) is 3.38. The van der Waals surface area contributed by atoms with Gasteiger partial charge in [-0.1, -0.05) is 51.1 Å². The van der Waals surface area contributed by atoms with Crippen molar-refractivity contribution in [2.24, 2.45) is 5.41 Å². The summed E-state index contributed by atoms with van der Waals surface area (Å²) >= 11 is 0. The molecule has 1 aromatic rings. The predicted molar refractivity (Wildman–Crippen MR) is 106 cm³/mol. The molecule has 0 saturated carbocycles. The highest BCUT2D eigenvalue weighted by Crippen LogP contribution is 2.26. The Morgan fingerprint density at radius 3 is 2.37 bits per heavy atom. The number of benzene rings is 1. The van der Waals surface area contributed by atoms with Gasteiger partial charge in [0.15, 0.2) is 5.54 Å². The number of aryl methyl sites for hydroxylation is 1. The summed E-state index contributed by atoms with van der Waals surface area (Å²) in [5.41, 5.74) is -0.915. The second-order valence-corrected chi connectivity index (χ2v) is 8.40. The SMILES string of the molecule is CC(C)(C)C(=O)C(=O)C1(C(=O)NCCCCc2ccccc2)CCCCN1. The zero-order chi connectivity index (χ0) is 19.9. The highest BCUT2D eigenvalue weighted by molar-refractivity contribution is 6.46. The summed E-state index contributed by atoms with van der Waals surface area (Å²) < 4.78 is 0. The number of carbonyl (C=O) groups is 3. The Morgan fingerprint density at radius 2 is 1.78 bits per heavy atom. The Labute approximate surface area is 162 Å². The first-order chi connectivity index (χ1) is 12.8. The molecule has 0 aliphatic carbocycles. The van der Waals surface area contributed by atoms with Crippen LogP contribution in [0.5, 0.6) is 0 Å². The number of hydrogen-bond donors (Lipinski definition) is 2. The van der Waals surface area contributed by atoms with Crippen molar-refractivity contribution >= 4 is 17.5 Å². The second-order valence-electron chi connectivity index (χ2n) is 8.40. The molecule has 1 fully saturated rings. The minimum Gasteiger partial charge on any atom is -0.354 e. The van der Waals surface area contributed by atoms with E-state index in [1.807, 2.05) is 18.2 Å². The fraction of sp³-hybridized carbons (Fsp3) is 0.591. The third-order valence-corrected chi connectivity index (χ3v) is 5.09. The molecule has 1 aliphatic rings. The summed E-state index contributed by atoms with van der Waals surface area (Å²) in [5, 5.41) is 5.96. The summed E-state index contributed by atoms with van der Waals surface area (Å²) in [4.78, 5) is 38.3. The van der Waals surface area contributed by atoms with Crippen LogP contribution in [0.2, 0.25) is 0 Å². The zero-order valence-corrected chi connectivity index (χ0v) is 16.8. The van der Waals surface area contributed by atoms with Crippen LogP contribution in [-0.4, -0.2) is 36.1 Å². The van der Waals surface area contributed by atoms with E-state index in [0.29, 0.717) is 19.5 Å². The maximum absolute atomic E-state index is 12.9. The number of amides is 1. The topological polar surface area (TPSA) is 75.3 Å². The number of Topliss-reactive ketones (excluding diaryl/α,β-unsaturated/α-hetero) is 2. The molecular formula is C22H32N2O3. The van der Waals surface area contributed by atoms with Crippen molar-refractivity contribution in [1.82, 2.24) is 10.6 Å². The molecule has 2 N–H and O–H groups in total. The van der Waals surface area contributed by atoms with Crippen molar-refractivity contribution in [3.05, 3.63) is 35.9 Å². The molecule has 0 spiro atoms. The van der Waals surface area contributed by atoms with Gasteiger partial charge in [-0.2, -0.15) is 0 Å². The molecule has 5 heteroatoms. The highest BCUT2D eigenvalue weighted by Gasteiger charge is 2.50. The van der Waals surface area contributed by atoms with Crippen LogP contribution < -0.4 is 10.6 Å². The minimum absolute atomic E-state index is 0.357. The lowest BCUT2D eigenvalue weighted by Crippen LogP contribution is -2.66. The number of rotatable bonds is 8. The average Bonchev–Trinajstić information content (AvgIpc) is 2.67. The van der Waals surface area contributed by atoms with Crippen LogP contribution in [0.15, 0.2) is 30.3 Å². The van der Waals surface area contributed by atoms with Gasteiger partial charge in [0.2, 0.25) is 17.5 Å². The van der Waals surface area contributed by atoms with Gasteiger partial charge in [-0.05, 0) is 50.6 Å². The van der Waals surface area contributed by atoms with Crippen LogP contribution in [0, 0.1) is 5.41 Å². The second kappa shape index (κ2) is 9.27. The number of carbonyl (C=O) groups excluding carboxylic acids is 3. The van der Waals surface area contributed by atoms with Crippen LogP contribution in [0.25, 0.3) is 0 Å². The molecule has 1 aliphatic heterocycles. The molecule has 1 amide bonds. The molecule has 1 atom stereocenters. The maximum Gasteiger partial charge on any atom is 0.248 e. The molecule has 5 nitrogen and oxygen atoms in total. The van der Waals surface area contributed by atoms with Crippen molar-refractivity contribution in [1.29, 1.82) is 0 Å². The number of piperidine rings is 1. The van der Waals surface area contributed by atoms with Gasteiger partial charge in [-0.15, -0.1) is 0 Å². The van der Waals surface area contributed by atoms with E-state index in [4.69, 9.17) is 0 Å². The first kappa shape index (κ1) is 21.3. The van der Waals surface area contributed by atoms with E-state index in [0.717, 1.165) is 32.1 Å². The summed E-state index contributed by atoms with van der Waals surface area (Å²) in [7, 11) is 0. The Bertz CT molecular complexity index is 656. The van der Waals surface area contributed by atoms with Gasteiger partial charge in [0, 0.05) is 12.0 Å². The van der Waals surface area contributed by atoms with Gasteiger partial charge < -0.3 is 5.32 Å².